The molecule has 0 amide bonds. The molecular formula is C11H12BrF3O. The van der Waals surface area contributed by atoms with Gasteiger partial charge in [-0.1, -0.05) is 22.0 Å². The molecule has 1 rings (SSSR count). The minimum absolute atomic E-state index is 0.0462. The molecule has 0 aliphatic heterocycles. The number of hydrogen-bond donors (Lipinski definition) is 0. The van der Waals surface area contributed by atoms with E-state index >= 15 is 0 Å². The second-order valence-corrected chi connectivity index (χ2v) is 4.53. The molecule has 0 fully saturated rings. The molecule has 1 aromatic rings. The maximum absolute atomic E-state index is 12.4. The summed E-state index contributed by atoms with van der Waals surface area (Å²) in [7, 11) is 0. The first-order valence-electron chi connectivity index (χ1n) is 4.78. The molecule has 0 aromatic heterocycles. The lowest BCUT2D eigenvalue weighted by atomic mass is 10.1. The van der Waals surface area contributed by atoms with Crippen molar-refractivity contribution in [2.75, 3.05) is 0 Å². The molecule has 0 atom stereocenters. The van der Waals surface area contributed by atoms with E-state index in [9.17, 15) is 13.2 Å². The topological polar surface area (TPSA) is 9.23 Å². The van der Waals surface area contributed by atoms with Gasteiger partial charge in [-0.05, 0) is 31.5 Å². The summed E-state index contributed by atoms with van der Waals surface area (Å²) in [6, 6.07) is 3.92. The van der Waals surface area contributed by atoms with Crippen molar-refractivity contribution in [3.63, 3.8) is 0 Å². The Hall–Kier alpha value is -0.550. The maximum atomic E-state index is 12.4. The van der Waals surface area contributed by atoms with Crippen LogP contribution in [0.5, 0.6) is 0 Å². The second-order valence-electron chi connectivity index (χ2n) is 3.67. The molecule has 5 heteroatoms. The predicted molar refractivity (Wildman–Crippen MR) is 59.1 cm³/mol. The van der Waals surface area contributed by atoms with Gasteiger partial charge in [-0.3, -0.25) is 0 Å². The average Bonchev–Trinajstić information content (AvgIpc) is 2.12. The van der Waals surface area contributed by atoms with Gasteiger partial charge < -0.3 is 4.74 Å². The molecule has 0 radical (unpaired) electrons. The van der Waals surface area contributed by atoms with Crippen molar-refractivity contribution in [2.24, 2.45) is 0 Å². The van der Waals surface area contributed by atoms with E-state index in [2.05, 4.69) is 15.9 Å². The first kappa shape index (κ1) is 13.5. The Labute approximate surface area is 101 Å². The summed E-state index contributed by atoms with van der Waals surface area (Å²) in [4.78, 5) is 0. The molecular weight excluding hydrogens is 285 g/mol. The second kappa shape index (κ2) is 5.19. The highest BCUT2D eigenvalue weighted by molar-refractivity contribution is 9.10. The van der Waals surface area contributed by atoms with Gasteiger partial charge in [-0.2, -0.15) is 13.2 Å². The van der Waals surface area contributed by atoms with Crippen molar-refractivity contribution in [3.05, 3.63) is 33.8 Å². The van der Waals surface area contributed by atoms with Crippen LogP contribution in [0.3, 0.4) is 0 Å². The maximum Gasteiger partial charge on any atom is 0.417 e. The lowest BCUT2D eigenvalue weighted by Gasteiger charge is -2.12. The van der Waals surface area contributed by atoms with Gasteiger partial charge in [0.15, 0.2) is 0 Å². The largest absolute Gasteiger partial charge is 0.417 e. The third-order valence-electron chi connectivity index (χ3n) is 1.92. The lowest BCUT2D eigenvalue weighted by molar-refractivity contribution is -0.138. The Morgan fingerprint density at radius 3 is 2.38 bits per heavy atom. The molecule has 1 nitrogen and oxygen atoms in total. The third-order valence-corrected chi connectivity index (χ3v) is 2.58. The highest BCUT2D eigenvalue weighted by Crippen LogP contribution is 2.35. The summed E-state index contributed by atoms with van der Waals surface area (Å²) < 4.78 is 42.7. The number of alkyl halides is 3. The van der Waals surface area contributed by atoms with Gasteiger partial charge >= 0.3 is 6.18 Å². The van der Waals surface area contributed by atoms with Gasteiger partial charge in [0, 0.05) is 4.47 Å². The summed E-state index contributed by atoms with van der Waals surface area (Å²) >= 11 is 2.91. The van der Waals surface area contributed by atoms with Crippen LogP contribution in [0, 0.1) is 0 Å². The van der Waals surface area contributed by atoms with Crippen LogP contribution in [0.4, 0.5) is 13.2 Å². The fourth-order valence-electron chi connectivity index (χ4n) is 1.14. The van der Waals surface area contributed by atoms with Gasteiger partial charge in [0.05, 0.1) is 18.3 Å². The minimum atomic E-state index is -4.32. The molecule has 0 saturated carbocycles. The van der Waals surface area contributed by atoms with E-state index in [1.165, 1.54) is 12.1 Å². The van der Waals surface area contributed by atoms with Gasteiger partial charge in [0.25, 0.3) is 0 Å². The highest BCUT2D eigenvalue weighted by Gasteiger charge is 2.32. The number of rotatable bonds is 3. The minimum Gasteiger partial charge on any atom is -0.374 e. The summed E-state index contributed by atoms with van der Waals surface area (Å²) in [6.07, 6.45) is -4.27. The van der Waals surface area contributed by atoms with Crippen molar-refractivity contribution in [1.82, 2.24) is 0 Å². The zero-order valence-corrected chi connectivity index (χ0v) is 10.5. The summed E-state index contributed by atoms with van der Waals surface area (Å²) in [5.74, 6) is 0. The molecule has 0 N–H and O–H groups in total. The van der Waals surface area contributed by atoms with Crippen LogP contribution < -0.4 is 0 Å². The van der Waals surface area contributed by atoms with Crippen molar-refractivity contribution in [2.45, 2.75) is 32.7 Å². The molecule has 0 spiro atoms. The summed E-state index contributed by atoms with van der Waals surface area (Å²) in [5, 5.41) is 0. The molecule has 1 aromatic carbocycles. The SMILES string of the molecule is CC(C)OCc1ccc(C(F)(F)F)c(Br)c1. The van der Waals surface area contributed by atoms with E-state index in [1.54, 1.807) is 0 Å². The molecule has 0 aliphatic carbocycles. The van der Waals surface area contributed by atoms with E-state index in [1.807, 2.05) is 13.8 Å². The fourth-order valence-corrected chi connectivity index (χ4v) is 1.79. The molecule has 0 bridgehead atoms. The van der Waals surface area contributed by atoms with E-state index < -0.39 is 11.7 Å². The molecule has 90 valence electrons. The molecule has 0 unspecified atom stereocenters. The first-order chi connectivity index (χ1) is 7.30. The quantitative estimate of drug-likeness (QED) is 0.804. The van der Waals surface area contributed by atoms with Gasteiger partial charge in [-0.25, -0.2) is 0 Å². The number of halogens is 4. The Morgan fingerprint density at radius 1 is 1.31 bits per heavy atom. The number of benzene rings is 1. The molecule has 0 heterocycles. The number of ether oxygens (including phenoxy) is 1. The Bertz CT molecular complexity index is 361. The van der Waals surface area contributed by atoms with E-state index in [-0.39, 0.29) is 10.6 Å². The molecule has 0 aliphatic rings. The van der Waals surface area contributed by atoms with Crippen LogP contribution in [-0.2, 0) is 17.5 Å². The summed E-state index contributed by atoms with van der Waals surface area (Å²) in [6.45, 7) is 4.06. The summed E-state index contributed by atoms with van der Waals surface area (Å²) in [5.41, 5.74) is 0.0503. The highest BCUT2D eigenvalue weighted by atomic mass is 79.9. The van der Waals surface area contributed by atoms with Crippen LogP contribution in [0.15, 0.2) is 22.7 Å². The van der Waals surface area contributed by atoms with E-state index in [4.69, 9.17) is 4.74 Å². The fraction of sp³-hybridized carbons (Fsp3) is 0.455. The first-order valence-corrected chi connectivity index (χ1v) is 5.57. The van der Waals surface area contributed by atoms with E-state index in [0.717, 1.165) is 6.07 Å². The smallest absolute Gasteiger partial charge is 0.374 e. The van der Waals surface area contributed by atoms with Crippen molar-refractivity contribution < 1.29 is 17.9 Å². The normalized spacial score (nSPS) is 12.2. The van der Waals surface area contributed by atoms with Crippen LogP contribution in [0.2, 0.25) is 0 Å². The Balaban J connectivity index is 2.83. The van der Waals surface area contributed by atoms with Gasteiger partial charge in [0.1, 0.15) is 0 Å². The van der Waals surface area contributed by atoms with Crippen LogP contribution in [-0.4, -0.2) is 6.10 Å². The third kappa shape index (κ3) is 3.79. The Morgan fingerprint density at radius 2 is 1.94 bits per heavy atom. The zero-order chi connectivity index (χ0) is 12.3. The van der Waals surface area contributed by atoms with Crippen molar-refractivity contribution in [1.29, 1.82) is 0 Å². The van der Waals surface area contributed by atoms with Crippen LogP contribution in [0.1, 0.15) is 25.0 Å². The predicted octanol–water partition coefficient (Wildman–Crippen LogP) is 4.39. The van der Waals surface area contributed by atoms with Crippen molar-refractivity contribution in [3.8, 4) is 0 Å². The van der Waals surface area contributed by atoms with Gasteiger partial charge in [0.2, 0.25) is 0 Å². The number of hydrogen-bond acceptors (Lipinski definition) is 1. The monoisotopic (exact) mass is 296 g/mol. The zero-order valence-electron chi connectivity index (χ0n) is 8.94. The molecule has 0 saturated heterocycles. The molecule has 16 heavy (non-hydrogen) atoms. The van der Waals surface area contributed by atoms with Gasteiger partial charge in [-0.15, -0.1) is 0 Å². The van der Waals surface area contributed by atoms with Crippen LogP contribution in [0.25, 0.3) is 0 Å². The Kier molecular flexibility index (Phi) is 4.38. The van der Waals surface area contributed by atoms with E-state index in [0.29, 0.717) is 12.2 Å². The lowest BCUT2D eigenvalue weighted by Crippen LogP contribution is -2.07. The standard InChI is InChI=1S/C11H12BrF3O/c1-7(2)16-6-8-3-4-9(10(12)5-8)11(13,14)15/h3-5,7H,6H2,1-2H3. The van der Waals surface area contributed by atoms with Crippen LogP contribution >= 0.6 is 15.9 Å². The van der Waals surface area contributed by atoms with Crippen molar-refractivity contribution >= 4 is 15.9 Å². The average molecular weight is 297 g/mol.